The van der Waals surface area contributed by atoms with Gasteiger partial charge >= 0.3 is 29.2 Å². The molecule has 0 saturated heterocycles. The monoisotopic (exact) mass is 891 g/mol. The molecule has 0 aliphatic heterocycles. The van der Waals surface area contributed by atoms with Crippen molar-refractivity contribution in [2.45, 2.75) is 20.8 Å². The van der Waals surface area contributed by atoms with Crippen molar-refractivity contribution in [2.75, 3.05) is 39.5 Å². The van der Waals surface area contributed by atoms with E-state index < -0.39 is 11.2 Å². The molecule has 4 aromatic rings. The Morgan fingerprint density at radius 2 is 1.36 bits per heavy atom. The van der Waals surface area contributed by atoms with Crippen molar-refractivity contribution in [2.24, 2.45) is 0 Å². The first-order chi connectivity index (χ1) is 24.7. The van der Waals surface area contributed by atoms with Gasteiger partial charge in [0.1, 0.15) is 57.2 Å². The predicted molar refractivity (Wildman–Crippen MR) is 194 cm³/mol. The van der Waals surface area contributed by atoms with Gasteiger partial charge in [-0.05, 0) is 13.8 Å². The fourth-order valence-electron chi connectivity index (χ4n) is 2.34. The molecule has 24 heteroatoms. The van der Waals surface area contributed by atoms with Gasteiger partial charge in [0.15, 0.2) is 0 Å². The summed E-state index contributed by atoms with van der Waals surface area (Å²) in [5.41, 5.74) is 7.77. The molecule has 0 aliphatic carbocycles. The number of rotatable bonds is 9. The second-order valence-electron chi connectivity index (χ2n) is 9.50. The minimum atomic E-state index is -0.574. The van der Waals surface area contributed by atoms with Gasteiger partial charge in [-0.25, -0.2) is 38.7 Å². The number of carbonyl (C=O) groups excluding carboxylic acids is 5. The lowest BCUT2D eigenvalue weighted by Gasteiger charge is -2.06. The standard InChI is InChI=1S/C10H13N3O3.C7H6N4O.C6H11NO2.C4H4ClO.C3H4N2.C2H7NO.4ClH/c1-8(2)9(14)16-6-4-12-10(15)13-5-3-11-7-13;12-7(10-3-1-8-5-10)11-4-2-9-6-11;1-5(2)6(8)9-4-3-7;1-3(2)4(5)6;1-2-5-3-4-1;3-1-2-4;;;;/h3,5,7H,1,4,6H2,2H3,(H,12,15);1-6H;1,3-4,7H2,2H3;1H,2H3;1-3H,(H,4,5);4H,1-3H2;4*1H/q;;;+1;;;;;;/p+1. The van der Waals surface area contributed by atoms with E-state index in [0.29, 0.717) is 30.8 Å². The predicted octanol–water partition coefficient (Wildman–Crippen LogP) is -9.46. The third-order valence-electron chi connectivity index (χ3n) is 4.83. The molecule has 0 saturated carbocycles. The maximum absolute atomic E-state index is 11.4. The number of imidazole rings is 4. The van der Waals surface area contributed by atoms with Crippen molar-refractivity contribution in [3.05, 3.63) is 111 Å². The highest BCUT2D eigenvalue weighted by atomic mass is 35.5. The average Bonchev–Trinajstić information content (AvgIpc) is 3.98. The van der Waals surface area contributed by atoms with Crippen LogP contribution in [0.1, 0.15) is 20.8 Å². The number of hydrogen-bond donors (Lipinski definition) is 5. The Morgan fingerprint density at radius 3 is 1.68 bits per heavy atom. The summed E-state index contributed by atoms with van der Waals surface area (Å²) in [6.45, 7) is 18.5. The maximum atomic E-state index is 11.4. The molecule has 1 amide bonds. The summed E-state index contributed by atoms with van der Waals surface area (Å²) in [6.07, 6.45) is 19.3. The van der Waals surface area contributed by atoms with Crippen LogP contribution in [0.3, 0.4) is 0 Å². The molecule has 4 rings (SSSR count). The number of H-pyrrole nitrogens is 3. The van der Waals surface area contributed by atoms with Crippen LogP contribution in [0.25, 0.3) is 0 Å². The zero-order valence-corrected chi connectivity index (χ0v) is 34.9. The second kappa shape index (κ2) is 41.2. The van der Waals surface area contributed by atoms with Gasteiger partial charge in [-0.3, -0.25) is 14.5 Å². The summed E-state index contributed by atoms with van der Waals surface area (Å²) >= 11 is 4.81. The Kier molecular flexibility index (Phi) is 46.4. The Morgan fingerprint density at radius 1 is 0.857 bits per heavy atom. The Bertz CT molecular complexity index is 1520. The van der Waals surface area contributed by atoms with E-state index in [1.807, 2.05) is 12.4 Å². The number of allylic oxidation sites excluding steroid dienone is 1. The number of amides is 1. The summed E-state index contributed by atoms with van der Waals surface area (Å²) in [7, 11) is 0. The molecule has 0 radical (unpaired) electrons. The van der Waals surface area contributed by atoms with Crippen molar-refractivity contribution < 1.29 is 97.2 Å². The van der Waals surface area contributed by atoms with E-state index in [0.717, 1.165) is 0 Å². The van der Waals surface area contributed by atoms with E-state index in [1.165, 1.54) is 45.7 Å². The van der Waals surface area contributed by atoms with Gasteiger partial charge in [0.05, 0.1) is 37.9 Å². The van der Waals surface area contributed by atoms with E-state index in [-0.39, 0.29) is 93.0 Å². The van der Waals surface area contributed by atoms with Crippen LogP contribution in [0, 0.1) is 6.58 Å². The SMILES string of the molecule is C=C(C)C(=O)OCCNC(=O)n1ccnc1.C=C(C)C(=O)OCC[NH3+].Cl.O=C(n1ccnc1)n1cc[nH+]c1.[CH+]=C(C)C(=O)Cl.[Cl-].[Cl-].[Cl-].[NH3+]CCO.c1c[nH+]c[nH]1. The highest BCUT2D eigenvalue weighted by Crippen LogP contribution is 1.93. The maximum Gasteiger partial charge on any atom is 0.425 e. The molecule has 19 nitrogen and oxygen atoms in total. The van der Waals surface area contributed by atoms with Gasteiger partial charge < -0.3 is 68.6 Å². The van der Waals surface area contributed by atoms with E-state index in [9.17, 15) is 24.0 Å². The Balaban J connectivity index is -0.000000140. The highest BCUT2D eigenvalue weighted by Gasteiger charge is 2.11. The zero-order chi connectivity index (χ0) is 39.7. The lowest BCUT2D eigenvalue weighted by atomic mass is 10.4. The lowest BCUT2D eigenvalue weighted by Crippen LogP contribution is -3.00. The van der Waals surface area contributed by atoms with Crippen LogP contribution in [-0.2, 0) is 23.9 Å². The zero-order valence-electron chi connectivity index (χ0n) is 31.0. The molecule has 0 aliphatic rings. The van der Waals surface area contributed by atoms with Crippen molar-refractivity contribution in [3.8, 4) is 0 Å². The number of hydrogen-bond acceptors (Lipinski definition) is 10. The normalized spacial score (nSPS) is 8.32. The quantitative estimate of drug-likeness (QED) is 0.0348. The van der Waals surface area contributed by atoms with Gasteiger partial charge in [-0.15, -0.1) is 12.4 Å². The molecule has 0 atom stereocenters. The van der Waals surface area contributed by atoms with Gasteiger partial charge in [-0.2, -0.15) is 9.36 Å². The molecule has 11 N–H and O–H groups in total. The third-order valence-corrected chi connectivity index (χ3v) is 5.12. The smallest absolute Gasteiger partial charge is 0.425 e. The number of quaternary nitrogens is 2. The molecule has 314 valence electrons. The number of aromatic nitrogens is 8. The van der Waals surface area contributed by atoms with Crippen LogP contribution in [-0.4, -0.2) is 102 Å². The molecule has 0 aromatic carbocycles. The molecule has 0 bridgehead atoms. The molecule has 0 unspecified atom stereocenters. The van der Waals surface area contributed by atoms with Gasteiger partial charge in [0.2, 0.25) is 11.9 Å². The van der Waals surface area contributed by atoms with E-state index >= 15 is 0 Å². The number of ether oxygens (including phenoxy) is 2. The number of esters is 2. The van der Waals surface area contributed by atoms with Crippen LogP contribution in [0.5, 0.6) is 0 Å². The Labute approximate surface area is 354 Å². The molecular formula is C32H50Cl5N11O8+2. The summed E-state index contributed by atoms with van der Waals surface area (Å²) in [4.78, 5) is 69.9. The van der Waals surface area contributed by atoms with Crippen molar-refractivity contribution in [1.82, 2.24) is 34.0 Å². The van der Waals surface area contributed by atoms with Gasteiger partial charge in [0, 0.05) is 42.9 Å². The lowest BCUT2D eigenvalue weighted by molar-refractivity contribution is -0.376. The molecule has 4 heterocycles. The van der Waals surface area contributed by atoms with Crippen molar-refractivity contribution in [1.29, 1.82) is 0 Å². The van der Waals surface area contributed by atoms with Crippen LogP contribution < -0.4 is 64.0 Å². The van der Waals surface area contributed by atoms with E-state index in [2.05, 4.69) is 59.6 Å². The van der Waals surface area contributed by atoms with Crippen LogP contribution in [0.2, 0.25) is 0 Å². The minimum absolute atomic E-state index is 0. The molecular weight excluding hydrogens is 844 g/mol. The van der Waals surface area contributed by atoms with Crippen LogP contribution in [0.4, 0.5) is 9.59 Å². The van der Waals surface area contributed by atoms with Gasteiger partial charge in [-0.1, -0.05) is 13.2 Å². The van der Waals surface area contributed by atoms with E-state index in [4.69, 9.17) is 28.0 Å². The summed E-state index contributed by atoms with van der Waals surface area (Å²) in [5, 5.41) is 9.79. The van der Waals surface area contributed by atoms with Crippen molar-refractivity contribution in [3.63, 3.8) is 0 Å². The summed E-state index contributed by atoms with van der Waals surface area (Å²) in [6, 6.07) is -0.474. The number of aromatic amines is 3. The molecule has 56 heavy (non-hydrogen) atoms. The number of aliphatic hydroxyl groups excluding tert-OH is 1. The van der Waals surface area contributed by atoms with Crippen LogP contribution >= 0.6 is 24.0 Å². The number of nitrogens with one attached hydrogen (secondary N) is 4. The molecule has 4 aromatic heterocycles. The summed E-state index contributed by atoms with van der Waals surface area (Å²) in [5.74, 6) is -0.796. The molecule has 0 spiro atoms. The average molecular weight is 894 g/mol. The number of halogens is 5. The first kappa shape index (κ1) is 63.0. The van der Waals surface area contributed by atoms with Gasteiger partial charge in [0.25, 0.3) is 6.33 Å². The van der Waals surface area contributed by atoms with Crippen LogP contribution in [0.15, 0.2) is 105 Å². The van der Waals surface area contributed by atoms with E-state index in [1.54, 1.807) is 51.3 Å². The first-order valence-electron chi connectivity index (χ1n) is 15.2. The first-order valence-corrected chi connectivity index (χ1v) is 15.6. The van der Waals surface area contributed by atoms with Crippen molar-refractivity contribution >= 4 is 53.3 Å². The highest BCUT2D eigenvalue weighted by molar-refractivity contribution is 6.67. The fourth-order valence-corrected chi connectivity index (χ4v) is 2.34. The topological polar surface area (TPSA) is 276 Å². The summed E-state index contributed by atoms with van der Waals surface area (Å²) < 4.78 is 13.6. The second-order valence-corrected chi connectivity index (χ2v) is 9.85. The minimum Gasteiger partial charge on any atom is -1.00 e. The fraction of sp³-hybridized carbons (Fsp3) is 0.281. The number of aliphatic hydroxyl groups is 1. The Hall–Kier alpha value is -4.95. The third kappa shape index (κ3) is 34.8. The number of carbonyl (C=O) groups is 5. The molecule has 0 fully saturated rings. The number of nitrogens with zero attached hydrogens (tertiary/aromatic N) is 5. The largest absolute Gasteiger partial charge is 1.00 e.